The largest absolute Gasteiger partial charge is 0.319 e. The van der Waals surface area contributed by atoms with Gasteiger partial charge in [-0.2, -0.15) is 0 Å². The van der Waals surface area contributed by atoms with E-state index in [4.69, 9.17) is 0 Å². The summed E-state index contributed by atoms with van der Waals surface area (Å²) in [6.07, 6.45) is 0. The molecule has 3 aromatic carbocycles. The number of benzene rings is 3. The Labute approximate surface area is 208 Å². The van der Waals surface area contributed by atoms with E-state index >= 15 is 0 Å². The lowest BCUT2D eigenvalue weighted by molar-refractivity contribution is -0.137. The molecule has 1 aliphatic heterocycles. The van der Waals surface area contributed by atoms with E-state index in [1.54, 1.807) is 18.7 Å². The molecule has 1 aromatic heterocycles. The lowest BCUT2D eigenvalue weighted by Gasteiger charge is -2.38. The van der Waals surface area contributed by atoms with Crippen LogP contribution >= 0.6 is 0 Å². The summed E-state index contributed by atoms with van der Waals surface area (Å²) in [4.78, 5) is 40.2. The Morgan fingerprint density at radius 3 is 2.00 bits per heavy atom. The summed E-state index contributed by atoms with van der Waals surface area (Å²) in [6.45, 7) is 1.76. The van der Waals surface area contributed by atoms with Crippen LogP contribution in [-0.2, 0) is 16.6 Å². The number of hydrogen-bond donors (Lipinski definition) is 3. The number of carbonyl (C=O) groups excluding carboxylic acids is 2. The van der Waals surface area contributed by atoms with Gasteiger partial charge >= 0.3 is 0 Å². The fourth-order valence-electron chi connectivity index (χ4n) is 4.88. The molecule has 4 aromatic rings. The standard InChI is InChI=1S/C28H27N5O3/c1-18-24(28(36)33(32(18)2)21-16-10-5-11-17-21)29-26(34)23-22(19-12-6-3-7-13-19)25(30-31-27(23)35)20-14-8-4-9-15-20/h3-17,22-23,25,30H,1-2H3,(H,29,34)(H,31,35). The van der Waals surface area contributed by atoms with Gasteiger partial charge in [0.1, 0.15) is 11.6 Å². The molecule has 1 fully saturated rings. The number of nitrogens with zero attached hydrogens (tertiary/aromatic N) is 2. The van der Waals surface area contributed by atoms with Crippen LogP contribution in [0.3, 0.4) is 0 Å². The smallest absolute Gasteiger partial charge is 0.295 e. The average molecular weight is 482 g/mol. The van der Waals surface area contributed by atoms with E-state index in [2.05, 4.69) is 16.2 Å². The molecular weight excluding hydrogens is 454 g/mol. The Morgan fingerprint density at radius 1 is 0.833 bits per heavy atom. The summed E-state index contributed by atoms with van der Waals surface area (Å²) in [5.74, 6) is -2.55. The lowest BCUT2D eigenvalue weighted by Crippen LogP contribution is -2.56. The molecule has 1 saturated heterocycles. The van der Waals surface area contributed by atoms with Gasteiger partial charge in [0.15, 0.2) is 0 Å². The zero-order valence-corrected chi connectivity index (χ0v) is 20.0. The molecule has 1 aliphatic rings. The van der Waals surface area contributed by atoms with Crippen molar-refractivity contribution in [3.63, 3.8) is 0 Å². The number of anilines is 1. The SMILES string of the molecule is Cc1c(NC(=O)C2C(=O)NNC(c3ccccc3)C2c2ccccc2)c(=O)n(-c2ccccc2)n1C. The van der Waals surface area contributed by atoms with Gasteiger partial charge < -0.3 is 5.32 Å². The van der Waals surface area contributed by atoms with Crippen molar-refractivity contribution >= 4 is 17.5 Å². The van der Waals surface area contributed by atoms with E-state index in [9.17, 15) is 14.4 Å². The van der Waals surface area contributed by atoms with E-state index in [0.29, 0.717) is 11.4 Å². The third-order valence-electron chi connectivity index (χ3n) is 6.78. The monoisotopic (exact) mass is 481 g/mol. The van der Waals surface area contributed by atoms with Crippen LogP contribution in [-0.4, -0.2) is 21.2 Å². The number of aromatic nitrogens is 2. The van der Waals surface area contributed by atoms with Crippen LogP contribution in [0, 0.1) is 12.8 Å². The molecule has 8 nitrogen and oxygen atoms in total. The first-order chi connectivity index (χ1) is 17.5. The summed E-state index contributed by atoms with van der Waals surface area (Å²) in [7, 11) is 1.76. The number of amides is 2. The maximum Gasteiger partial charge on any atom is 0.295 e. The molecule has 0 bridgehead atoms. The van der Waals surface area contributed by atoms with Crippen molar-refractivity contribution in [2.24, 2.45) is 13.0 Å². The van der Waals surface area contributed by atoms with Crippen LogP contribution in [0.25, 0.3) is 5.69 Å². The summed E-state index contributed by atoms with van der Waals surface area (Å²) >= 11 is 0. The van der Waals surface area contributed by atoms with Crippen molar-refractivity contribution in [1.29, 1.82) is 0 Å². The van der Waals surface area contributed by atoms with Gasteiger partial charge in [0.25, 0.3) is 5.56 Å². The second-order valence-electron chi connectivity index (χ2n) is 8.86. The number of nitrogens with one attached hydrogen (secondary N) is 3. The highest BCUT2D eigenvalue weighted by atomic mass is 16.2. The van der Waals surface area contributed by atoms with Crippen molar-refractivity contribution in [3.8, 4) is 5.69 Å². The molecule has 3 unspecified atom stereocenters. The Morgan fingerprint density at radius 2 is 1.39 bits per heavy atom. The molecule has 2 heterocycles. The fourth-order valence-corrected chi connectivity index (χ4v) is 4.88. The highest BCUT2D eigenvalue weighted by Crippen LogP contribution is 2.39. The van der Waals surface area contributed by atoms with Gasteiger partial charge in [-0.25, -0.2) is 10.1 Å². The Bertz CT molecular complexity index is 1450. The first kappa shape index (κ1) is 23.3. The average Bonchev–Trinajstić information content (AvgIpc) is 3.12. The second kappa shape index (κ2) is 9.67. The molecule has 0 radical (unpaired) electrons. The minimum Gasteiger partial charge on any atom is -0.319 e. The first-order valence-electron chi connectivity index (χ1n) is 11.8. The zero-order valence-electron chi connectivity index (χ0n) is 20.0. The van der Waals surface area contributed by atoms with Gasteiger partial charge in [-0.15, -0.1) is 0 Å². The van der Waals surface area contributed by atoms with E-state index in [1.807, 2.05) is 91.0 Å². The van der Waals surface area contributed by atoms with E-state index < -0.39 is 23.7 Å². The summed E-state index contributed by atoms with van der Waals surface area (Å²) < 4.78 is 3.19. The third-order valence-corrected chi connectivity index (χ3v) is 6.78. The van der Waals surface area contributed by atoms with Crippen LogP contribution in [0.1, 0.15) is 28.8 Å². The molecule has 5 rings (SSSR count). The van der Waals surface area contributed by atoms with Gasteiger partial charge in [-0.1, -0.05) is 78.9 Å². The van der Waals surface area contributed by atoms with Gasteiger partial charge in [0.05, 0.1) is 17.4 Å². The maximum absolute atomic E-state index is 13.7. The van der Waals surface area contributed by atoms with Crippen molar-refractivity contribution in [3.05, 3.63) is 118 Å². The topological polar surface area (TPSA) is 97.2 Å². The molecular formula is C28H27N5O3. The molecule has 8 heteroatoms. The minimum atomic E-state index is -1.07. The van der Waals surface area contributed by atoms with Crippen LogP contribution in [0.5, 0.6) is 0 Å². The van der Waals surface area contributed by atoms with Gasteiger partial charge in [-0.05, 0) is 30.2 Å². The number of rotatable bonds is 5. The minimum absolute atomic E-state index is 0.153. The summed E-state index contributed by atoms with van der Waals surface area (Å²) in [5.41, 5.74) is 8.61. The Kier molecular flexibility index (Phi) is 6.26. The van der Waals surface area contributed by atoms with Crippen molar-refractivity contribution in [1.82, 2.24) is 20.2 Å². The van der Waals surface area contributed by atoms with Gasteiger partial charge in [0.2, 0.25) is 11.8 Å². The molecule has 0 spiro atoms. The molecule has 36 heavy (non-hydrogen) atoms. The quantitative estimate of drug-likeness (QED) is 0.382. The number of hydrazine groups is 1. The van der Waals surface area contributed by atoms with Gasteiger partial charge in [0, 0.05) is 13.0 Å². The van der Waals surface area contributed by atoms with Crippen LogP contribution in [0.15, 0.2) is 95.8 Å². The molecule has 0 saturated carbocycles. The molecule has 3 N–H and O–H groups in total. The summed E-state index contributed by atoms with van der Waals surface area (Å²) in [5, 5.41) is 2.80. The number of para-hydroxylation sites is 1. The molecule has 182 valence electrons. The van der Waals surface area contributed by atoms with E-state index in [0.717, 1.165) is 11.1 Å². The van der Waals surface area contributed by atoms with Crippen molar-refractivity contribution < 1.29 is 9.59 Å². The highest BCUT2D eigenvalue weighted by Gasteiger charge is 2.45. The molecule has 3 atom stereocenters. The van der Waals surface area contributed by atoms with Crippen LogP contribution in [0.2, 0.25) is 0 Å². The number of hydrogen-bond acceptors (Lipinski definition) is 4. The molecule has 2 amide bonds. The highest BCUT2D eigenvalue weighted by molar-refractivity contribution is 6.07. The lowest BCUT2D eigenvalue weighted by atomic mass is 9.76. The van der Waals surface area contributed by atoms with Crippen molar-refractivity contribution in [2.45, 2.75) is 18.9 Å². The predicted octanol–water partition coefficient (Wildman–Crippen LogP) is 3.20. The van der Waals surface area contributed by atoms with Crippen LogP contribution < -0.4 is 21.7 Å². The Balaban J connectivity index is 1.54. The second-order valence-corrected chi connectivity index (χ2v) is 8.86. The van der Waals surface area contributed by atoms with E-state index in [-0.39, 0.29) is 17.3 Å². The third kappa shape index (κ3) is 4.12. The van der Waals surface area contributed by atoms with Gasteiger partial charge in [-0.3, -0.25) is 24.5 Å². The van der Waals surface area contributed by atoms with Crippen LogP contribution in [0.4, 0.5) is 5.69 Å². The normalized spacial score (nSPS) is 19.5. The Hall–Kier alpha value is -4.43. The van der Waals surface area contributed by atoms with Crippen molar-refractivity contribution in [2.75, 3.05) is 5.32 Å². The van der Waals surface area contributed by atoms with E-state index in [1.165, 1.54) is 4.68 Å². The number of carbonyl (C=O) groups is 2. The molecule has 0 aliphatic carbocycles. The predicted molar refractivity (Wildman–Crippen MR) is 138 cm³/mol. The fraction of sp³-hybridized carbons (Fsp3) is 0.179. The zero-order chi connectivity index (χ0) is 25.2. The maximum atomic E-state index is 13.7. The first-order valence-corrected chi connectivity index (χ1v) is 11.8. The summed E-state index contributed by atoms with van der Waals surface area (Å²) in [6, 6.07) is 28.0.